The Balaban J connectivity index is 2.89. The summed E-state index contributed by atoms with van der Waals surface area (Å²) in [6, 6.07) is 5.49. The molecular weight excluding hydrogens is 256 g/mol. The minimum atomic E-state index is -3.56. The molecular formula is C11H14N2O4S. The topological polar surface area (TPSA) is 84.5 Å². The molecule has 7 heteroatoms. The quantitative estimate of drug-likeness (QED) is 0.580. The van der Waals surface area contributed by atoms with Crippen LogP contribution < -0.4 is 10.2 Å². The van der Waals surface area contributed by atoms with Crippen molar-refractivity contribution in [1.82, 2.24) is 10.2 Å². The number of benzene rings is 1. The Morgan fingerprint density at radius 2 is 2.00 bits per heavy atom. The molecule has 1 aromatic rings. The Bertz CT molecular complexity index is 522. The van der Waals surface area contributed by atoms with E-state index in [0.717, 1.165) is 0 Å². The van der Waals surface area contributed by atoms with Crippen molar-refractivity contribution in [2.24, 2.45) is 0 Å². The largest absolute Gasteiger partial charge is 0.277 e. The molecule has 2 N–H and O–H groups in total. The lowest BCUT2D eigenvalue weighted by atomic mass is 10.2. The predicted octanol–water partition coefficient (Wildman–Crippen LogP) is 0.442. The van der Waals surface area contributed by atoms with Crippen LogP contribution in [0, 0.1) is 0 Å². The van der Waals surface area contributed by atoms with E-state index >= 15 is 0 Å². The fourth-order valence-corrected chi connectivity index (χ4v) is 2.19. The highest BCUT2D eigenvalue weighted by Gasteiger charge is 2.13. The summed E-state index contributed by atoms with van der Waals surface area (Å²) in [5, 5.41) is 0. The first-order valence-electron chi connectivity index (χ1n) is 5.05. The number of hydrogen-bond donors (Lipinski definition) is 2. The van der Waals surface area contributed by atoms with Gasteiger partial charge in [0.05, 0.1) is 12.0 Å². The van der Waals surface area contributed by atoms with E-state index in [2.05, 4.69) is 21.6 Å². The fraction of sp³-hybridized carbons (Fsp3) is 0.182. The van der Waals surface area contributed by atoms with Crippen LogP contribution in [0.25, 0.3) is 0 Å². The maximum Gasteiger partial charge on any atom is 0.274 e. The van der Waals surface area contributed by atoms with Gasteiger partial charge in [-0.15, -0.1) is 6.58 Å². The van der Waals surface area contributed by atoms with Gasteiger partial charge in [-0.25, -0.2) is 18.6 Å². The Morgan fingerprint density at radius 1 is 1.39 bits per heavy atom. The van der Waals surface area contributed by atoms with E-state index < -0.39 is 15.9 Å². The standard InChI is InChI=1S/C11H14N2O4S/c1-3-8-12-18(15,16)10-6-4-9(5-7-10)11(14)13-17-2/h3-7,12H,1,8H2,2H3,(H,13,14). The monoisotopic (exact) mass is 270 g/mol. The van der Waals surface area contributed by atoms with E-state index in [-0.39, 0.29) is 11.4 Å². The maximum atomic E-state index is 11.7. The molecule has 18 heavy (non-hydrogen) atoms. The molecule has 0 saturated heterocycles. The fourth-order valence-electron chi connectivity index (χ4n) is 1.19. The second kappa shape index (κ2) is 6.29. The van der Waals surface area contributed by atoms with Crippen molar-refractivity contribution in [3.05, 3.63) is 42.5 Å². The average molecular weight is 270 g/mol. The summed E-state index contributed by atoms with van der Waals surface area (Å²) in [6.07, 6.45) is 1.44. The lowest BCUT2D eigenvalue weighted by Crippen LogP contribution is -2.24. The Kier molecular flexibility index (Phi) is 5.02. The molecule has 6 nitrogen and oxygen atoms in total. The highest BCUT2D eigenvalue weighted by molar-refractivity contribution is 7.89. The first-order valence-corrected chi connectivity index (χ1v) is 6.53. The molecule has 0 aromatic heterocycles. The Hall–Kier alpha value is -1.70. The number of carbonyl (C=O) groups is 1. The number of sulfonamides is 1. The third-order valence-corrected chi connectivity index (χ3v) is 3.48. The molecule has 1 rings (SSSR count). The summed E-state index contributed by atoms with van der Waals surface area (Å²) in [7, 11) is -2.25. The van der Waals surface area contributed by atoms with Crippen molar-refractivity contribution in [3.8, 4) is 0 Å². The van der Waals surface area contributed by atoms with Gasteiger partial charge in [0.25, 0.3) is 5.91 Å². The minimum absolute atomic E-state index is 0.0818. The maximum absolute atomic E-state index is 11.7. The highest BCUT2D eigenvalue weighted by atomic mass is 32.2. The van der Waals surface area contributed by atoms with Gasteiger partial charge in [0.1, 0.15) is 0 Å². The van der Waals surface area contributed by atoms with E-state index in [1.54, 1.807) is 0 Å². The molecule has 0 aliphatic carbocycles. The molecule has 0 aliphatic rings. The third kappa shape index (κ3) is 3.66. The van der Waals surface area contributed by atoms with Crippen LogP contribution in [0.1, 0.15) is 10.4 Å². The van der Waals surface area contributed by atoms with Gasteiger partial charge < -0.3 is 0 Å². The molecule has 0 unspecified atom stereocenters. The summed E-state index contributed by atoms with van der Waals surface area (Å²) < 4.78 is 25.8. The zero-order valence-corrected chi connectivity index (χ0v) is 10.7. The molecule has 98 valence electrons. The molecule has 1 aromatic carbocycles. The van der Waals surface area contributed by atoms with Gasteiger partial charge in [0.15, 0.2) is 0 Å². The Labute approximate surface area is 106 Å². The van der Waals surface area contributed by atoms with Crippen LogP contribution in [-0.4, -0.2) is 28.0 Å². The van der Waals surface area contributed by atoms with Gasteiger partial charge >= 0.3 is 0 Å². The number of hydroxylamine groups is 1. The SMILES string of the molecule is C=CCNS(=O)(=O)c1ccc(C(=O)NOC)cc1. The summed E-state index contributed by atoms with van der Waals surface area (Å²) in [6.45, 7) is 3.57. The number of rotatable bonds is 6. The van der Waals surface area contributed by atoms with E-state index in [4.69, 9.17) is 0 Å². The second-order valence-corrected chi connectivity index (χ2v) is 5.07. The number of amides is 1. The summed E-state index contributed by atoms with van der Waals surface area (Å²) >= 11 is 0. The third-order valence-electron chi connectivity index (χ3n) is 2.04. The lowest BCUT2D eigenvalue weighted by Gasteiger charge is -2.06. The van der Waals surface area contributed by atoms with Crippen LogP contribution in [0.5, 0.6) is 0 Å². The molecule has 0 aliphatic heterocycles. The van der Waals surface area contributed by atoms with Gasteiger partial charge in [0.2, 0.25) is 10.0 Å². The first kappa shape index (κ1) is 14.4. The number of hydrogen-bond acceptors (Lipinski definition) is 4. The summed E-state index contributed by atoms with van der Waals surface area (Å²) in [4.78, 5) is 15.9. The van der Waals surface area contributed by atoms with Crippen molar-refractivity contribution in [2.75, 3.05) is 13.7 Å². The van der Waals surface area contributed by atoms with Gasteiger partial charge in [-0.3, -0.25) is 9.63 Å². The zero-order chi connectivity index (χ0) is 13.6. The smallest absolute Gasteiger partial charge is 0.274 e. The highest BCUT2D eigenvalue weighted by Crippen LogP contribution is 2.10. The average Bonchev–Trinajstić information content (AvgIpc) is 2.37. The Morgan fingerprint density at radius 3 is 2.50 bits per heavy atom. The number of carbonyl (C=O) groups excluding carboxylic acids is 1. The van der Waals surface area contributed by atoms with Gasteiger partial charge in [-0.1, -0.05) is 6.08 Å². The van der Waals surface area contributed by atoms with Crippen LogP contribution in [-0.2, 0) is 14.9 Å². The van der Waals surface area contributed by atoms with Crippen molar-refractivity contribution in [1.29, 1.82) is 0 Å². The number of nitrogens with one attached hydrogen (secondary N) is 2. The van der Waals surface area contributed by atoms with Crippen LogP contribution in [0.4, 0.5) is 0 Å². The van der Waals surface area contributed by atoms with Crippen molar-refractivity contribution < 1.29 is 18.0 Å². The van der Waals surface area contributed by atoms with Crippen molar-refractivity contribution in [3.63, 3.8) is 0 Å². The van der Waals surface area contributed by atoms with Crippen LogP contribution in [0.2, 0.25) is 0 Å². The lowest BCUT2D eigenvalue weighted by molar-refractivity contribution is 0.0537. The van der Waals surface area contributed by atoms with Crippen LogP contribution in [0.3, 0.4) is 0 Å². The molecule has 0 saturated carbocycles. The molecule has 0 radical (unpaired) electrons. The normalized spacial score (nSPS) is 10.9. The molecule has 1 amide bonds. The second-order valence-electron chi connectivity index (χ2n) is 3.30. The van der Waals surface area contributed by atoms with Gasteiger partial charge in [-0.2, -0.15) is 0 Å². The van der Waals surface area contributed by atoms with Gasteiger partial charge in [0, 0.05) is 12.1 Å². The van der Waals surface area contributed by atoms with Gasteiger partial charge in [-0.05, 0) is 24.3 Å². The summed E-state index contributed by atoms with van der Waals surface area (Å²) in [5.74, 6) is -0.444. The molecule has 0 fully saturated rings. The molecule has 0 atom stereocenters. The first-order chi connectivity index (χ1) is 8.51. The van der Waals surface area contributed by atoms with E-state index in [1.165, 1.54) is 37.5 Å². The van der Waals surface area contributed by atoms with E-state index in [0.29, 0.717) is 5.56 Å². The van der Waals surface area contributed by atoms with E-state index in [1.807, 2.05) is 0 Å². The van der Waals surface area contributed by atoms with Crippen molar-refractivity contribution in [2.45, 2.75) is 4.90 Å². The van der Waals surface area contributed by atoms with Crippen molar-refractivity contribution >= 4 is 15.9 Å². The van der Waals surface area contributed by atoms with E-state index in [9.17, 15) is 13.2 Å². The zero-order valence-electron chi connectivity index (χ0n) is 9.84. The molecule has 0 bridgehead atoms. The van der Waals surface area contributed by atoms with Crippen LogP contribution >= 0.6 is 0 Å². The molecule has 0 heterocycles. The molecule has 0 spiro atoms. The summed E-state index contributed by atoms with van der Waals surface area (Å²) in [5.41, 5.74) is 2.44. The predicted molar refractivity (Wildman–Crippen MR) is 66.3 cm³/mol. The van der Waals surface area contributed by atoms with Crippen LogP contribution in [0.15, 0.2) is 41.8 Å². The minimum Gasteiger partial charge on any atom is -0.277 e.